The number of unbranched alkanes of at least 4 members (excludes halogenated alkanes) is 3. The summed E-state index contributed by atoms with van der Waals surface area (Å²) >= 11 is 0. The van der Waals surface area contributed by atoms with Crippen LogP contribution in [0.15, 0.2) is 58.1 Å². The molecular formula is C23H25N5O3. The highest BCUT2D eigenvalue weighted by Crippen LogP contribution is 2.13. The zero-order valence-corrected chi connectivity index (χ0v) is 17.4. The maximum absolute atomic E-state index is 13.2. The molecule has 0 aromatic carbocycles. The lowest BCUT2D eigenvalue weighted by molar-refractivity contribution is 0.0950. The number of aromatic nitrogens is 3. The van der Waals surface area contributed by atoms with Crippen molar-refractivity contribution in [2.45, 2.75) is 39.2 Å². The Balaban J connectivity index is 1.83. The van der Waals surface area contributed by atoms with Gasteiger partial charge in [0, 0.05) is 12.7 Å². The van der Waals surface area contributed by atoms with Gasteiger partial charge in [0.1, 0.15) is 22.5 Å². The highest BCUT2D eigenvalue weighted by Gasteiger charge is 2.18. The van der Waals surface area contributed by atoms with Crippen LogP contribution in [0.1, 0.15) is 48.7 Å². The van der Waals surface area contributed by atoms with Crippen molar-refractivity contribution >= 4 is 22.6 Å². The molecule has 0 saturated heterocycles. The number of nitrogens with zero attached hydrogens (tertiary/aromatic N) is 3. The molecule has 160 valence electrons. The Labute approximate surface area is 178 Å². The lowest BCUT2D eigenvalue weighted by Gasteiger charge is -2.14. The molecule has 1 amide bonds. The van der Waals surface area contributed by atoms with E-state index in [4.69, 9.17) is 9.83 Å². The second-order valence-electron chi connectivity index (χ2n) is 7.47. The molecule has 0 aliphatic heterocycles. The molecule has 0 aliphatic carbocycles. The first kappa shape index (κ1) is 20.6. The number of rotatable bonds is 8. The molecule has 8 heteroatoms. The van der Waals surface area contributed by atoms with E-state index in [1.165, 1.54) is 10.5 Å². The molecule has 4 heterocycles. The van der Waals surface area contributed by atoms with Crippen molar-refractivity contribution in [2.75, 3.05) is 6.54 Å². The van der Waals surface area contributed by atoms with Gasteiger partial charge in [0.25, 0.3) is 11.5 Å². The normalized spacial score (nSPS) is 11.3. The largest absolute Gasteiger partial charge is 0.467 e. The SMILES string of the molecule is CCCCCCNC(=O)c1cc2c(=O)n3ccccc3nc2n(Cc2ccco2)c1=N. The van der Waals surface area contributed by atoms with Gasteiger partial charge in [0.15, 0.2) is 0 Å². The van der Waals surface area contributed by atoms with Crippen molar-refractivity contribution in [3.05, 3.63) is 76.0 Å². The van der Waals surface area contributed by atoms with Gasteiger partial charge in [-0.25, -0.2) is 4.98 Å². The summed E-state index contributed by atoms with van der Waals surface area (Å²) in [5.41, 5.74) is 0.662. The fourth-order valence-corrected chi connectivity index (χ4v) is 3.62. The highest BCUT2D eigenvalue weighted by molar-refractivity contribution is 5.96. The van der Waals surface area contributed by atoms with Crippen LogP contribution in [0.3, 0.4) is 0 Å². The predicted molar refractivity (Wildman–Crippen MR) is 117 cm³/mol. The van der Waals surface area contributed by atoms with Crippen molar-refractivity contribution in [1.29, 1.82) is 5.41 Å². The van der Waals surface area contributed by atoms with Crippen LogP contribution in [-0.2, 0) is 6.54 Å². The number of carbonyl (C=O) groups is 1. The molecule has 2 N–H and O–H groups in total. The van der Waals surface area contributed by atoms with Gasteiger partial charge >= 0.3 is 0 Å². The average molecular weight is 419 g/mol. The van der Waals surface area contributed by atoms with E-state index < -0.39 is 0 Å². The third kappa shape index (κ3) is 4.14. The van der Waals surface area contributed by atoms with Crippen LogP contribution in [0.25, 0.3) is 16.7 Å². The van der Waals surface area contributed by atoms with E-state index >= 15 is 0 Å². The Hall–Kier alpha value is -3.68. The summed E-state index contributed by atoms with van der Waals surface area (Å²) in [6.07, 6.45) is 7.34. The average Bonchev–Trinajstić information content (AvgIpc) is 3.29. The first-order chi connectivity index (χ1) is 15.1. The summed E-state index contributed by atoms with van der Waals surface area (Å²) in [4.78, 5) is 30.6. The summed E-state index contributed by atoms with van der Waals surface area (Å²) in [5, 5.41) is 11.9. The van der Waals surface area contributed by atoms with Gasteiger partial charge in [-0.2, -0.15) is 0 Å². The first-order valence-corrected chi connectivity index (χ1v) is 10.5. The molecule has 4 aromatic rings. The monoisotopic (exact) mass is 419 g/mol. The summed E-state index contributed by atoms with van der Waals surface area (Å²) < 4.78 is 8.44. The van der Waals surface area contributed by atoms with Crippen LogP contribution in [0.2, 0.25) is 0 Å². The third-order valence-corrected chi connectivity index (χ3v) is 5.27. The molecule has 4 aromatic heterocycles. The molecule has 0 saturated carbocycles. The van der Waals surface area contributed by atoms with Gasteiger partial charge in [-0.15, -0.1) is 0 Å². The minimum Gasteiger partial charge on any atom is -0.467 e. The second-order valence-corrected chi connectivity index (χ2v) is 7.47. The molecule has 0 unspecified atom stereocenters. The third-order valence-electron chi connectivity index (χ3n) is 5.27. The Bertz CT molecular complexity index is 1340. The van der Waals surface area contributed by atoms with Crippen LogP contribution in [0, 0.1) is 5.41 Å². The van der Waals surface area contributed by atoms with E-state index in [2.05, 4.69) is 17.2 Å². The van der Waals surface area contributed by atoms with Gasteiger partial charge in [0.05, 0.1) is 23.8 Å². The zero-order chi connectivity index (χ0) is 21.8. The lowest BCUT2D eigenvalue weighted by atomic mass is 10.1. The molecule has 0 fully saturated rings. The number of hydrogen-bond acceptors (Lipinski definition) is 5. The van der Waals surface area contributed by atoms with E-state index in [0.717, 1.165) is 25.7 Å². The number of amides is 1. The van der Waals surface area contributed by atoms with Crippen molar-refractivity contribution in [3.63, 3.8) is 0 Å². The summed E-state index contributed by atoms with van der Waals surface area (Å²) in [6.45, 7) is 2.85. The molecule has 0 atom stereocenters. The molecule has 8 nitrogen and oxygen atoms in total. The number of hydrogen-bond donors (Lipinski definition) is 2. The predicted octanol–water partition coefficient (Wildman–Crippen LogP) is 3.08. The molecule has 4 rings (SSSR count). The quantitative estimate of drug-likeness (QED) is 0.338. The van der Waals surface area contributed by atoms with Crippen molar-refractivity contribution < 1.29 is 9.21 Å². The van der Waals surface area contributed by atoms with Crippen LogP contribution in [-0.4, -0.2) is 26.4 Å². The molecule has 0 spiro atoms. The zero-order valence-electron chi connectivity index (χ0n) is 17.4. The van der Waals surface area contributed by atoms with Crippen molar-refractivity contribution in [2.24, 2.45) is 0 Å². The van der Waals surface area contributed by atoms with E-state index in [0.29, 0.717) is 23.6 Å². The van der Waals surface area contributed by atoms with E-state index in [1.807, 2.05) is 0 Å². The number of carbonyl (C=O) groups excluding carboxylic acids is 1. The topological polar surface area (TPSA) is 105 Å². The summed E-state index contributed by atoms with van der Waals surface area (Å²) in [5.74, 6) is 0.237. The molecule has 31 heavy (non-hydrogen) atoms. The number of nitrogens with one attached hydrogen (secondary N) is 2. The fourth-order valence-electron chi connectivity index (χ4n) is 3.62. The number of furan rings is 1. The van der Waals surface area contributed by atoms with E-state index in [1.54, 1.807) is 47.4 Å². The van der Waals surface area contributed by atoms with Crippen molar-refractivity contribution in [1.82, 2.24) is 19.3 Å². The summed E-state index contributed by atoms with van der Waals surface area (Å²) in [7, 11) is 0. The lowest BCUT2D eigenvalue weighted by Crippen LogP contribution is -2.35. The smallest absolute Gasteiger partial charge is 0.267 e. The first-order valence-electron chi connectivity index (χ1n) is 10.5. The molecule has 0 aliphatic rings. The highest BCUT2D eigenvalue weighted by atomic mass is 16.3. The molecular weight excluding hydrogens is 394 g/mol. The standard InChI is InChI=1S/C23H25N5O3/c1-2-3-4-6-11-25-22(29)17-14-18-21(26-19-10-5-7-12-27(19)23(18)30)28(20(17)24)15-16-9-8-13-31-16/h5,7-10,12-14,24H,2-4,6,11,15H2,1H3,(H,25,29). The van der Waals surface area contributed by atoms with E-state index in [-0.39, 0.29) is 34.4 Å². The van der Waals surface area contributed by atoms with Gasteiger partial charge in [0.2, 0.25) is 0 Å². The Morgan fingerprint density at radius 2 is 2.06 bits per heavy atom. The van der Waals surface area contributed by atoms with Crippen molar-refractivity contribution in [3.8, 4) is 0 Å². The second kappa shape index (κ2) is 8.99. The maximum Gasteiger partial charge on any atom is 0.267 e. The van der Waals surface area contributed by atoms with Crippen LogP contribution >= 0.6 is 0 Å². The number of fused-ring (bicyclic) bond motifs is 2. The Kier molecular flexibility index (Phi) is 5.97. The maximum atomic E-state index is 13.2. The van der Waals surface area contributed by atoms with Crippen LogP contribution < -0.4 is 16.4 Å². The van der Waals surface area contributed by atoms with Gasteiger partial charge in [-0.3, -0.25) is 19.4 Å². The fraction of sp³-hybridized carbons (Fsp3) is 0.304. The Morgan fingerprint density at radius 1 is 1.19 bits per heavy atom. The van der Waals surface area contributed by atoms with Gasteiger partial charge in [-0.1, -0.05) is 32.3 Å². The molecule has 0 radical (unpaired) electrons. The van der Waals surface area contributed by atoms with Gasteiger partial charge < -0.3 is 14.3 Å². The number of pyridine rings is 2. The molecule has 0 bridgehead atoms. The van der Waals surface area contributed by atoms with E-state index in [9.17, 15) is 9.59 Å². The Morgan fingerprint density at radius 3 is 2.84 bits per heavy atom. The van der Waals surface area contributed by atoms with Gasteiger partial charge in [-0.05, 0) is 36.8 Å². The summed E-state index contributed by atoms with van der Waals surface area (Å²) in [6, 6.07) is 10.3. The van der Waals surface area contributed by atoms with Crippen LogP contribution in [0.4, 0.5) is 0 Å². The minimum absolute atomic E-state index is 0.0119. The van der Waals surface area contributed by atoms with Crippen LogP contribution in [0.5, 0.6) is 0 Å². The minimum atomic E-state index is -0.367.